The number of likely N-dealkylation sites (N-methyl/N-ethyl adjacent to an activating group) is 1. The summed E-state index contributed by atoms with van der Waals surface area (Å²) in [5.74, 6) is -0.0582. The molecule has 0 radical (unpaired) electrons. The number of rotatable bonds is 5. The molecule has 0 aliphatic rings. The molecule has 0 saturated heterocycles. The van der Waals surface area contributed by atoms with Gasteiger partial charge in [0.25, 0.3) is 5.91 Å². The van der Waals surface area contributed by atoms with Crippen molar-refractivity contribution >= 4 is 48.9 Å². The van der Waals surface area contributed by atoms with Crippen LogP contribution in [-0.4, -0.2) is 37.1 Å². The summed E-state index contributed by atoms with van der Waals surface area (Å²) >= 11 is 4.86. The molecule has 1 heterocycles. The van der Waals surface area contributed by atoms with Crippen molar-refractivity contribution < 1.29 is 9.53 Å². The van der Waals surface area contributed by atoms with Crippen LogP contribution in [0.25, 0.3) is 10.1 Å². The molecule has 2 rings (SSSR count). The van der Waals surface area contributed by atoms with E-state index in [9.17, 15) is 4.79 Å². The molecular weight excluding hydrogens is 352 g/mol. The summed E-state index contributed by atoms with van der Waals surface area (Å²) in [7, 11) is 1.77. The van der Waals surface area contributed by atoms with Crippen molar-refractivity contribution in [3.05, 3.63) is 27.5 Å². The number of benzene rings is 1. The number of thiophene rings is 1. The zero-order chi connectivity index (χ0) is 15.6. The molecule has 0 atom stereocenters. The van der Waals surface area contributed by atoms with E-state index in [1.165, 1.54) is 11.3 Å². The first-order valence-electron chi connectivity index (χ1n) is 6.74. The standard InChI is InChI=1S/C15H19BrN2O2S/c1-9(2)20-7-6-18(3)15(19)14-13(17)11-8-10(16)4-5-12(11)21-14/h4-5,8-9H,6-7,17H2,1-3H3. The van der Waals surface area contributed by atoms with Gasteiger partial charge in [0.05, 0.1) is 18.4 Å². The minimum Gasteiger partial charge on any atom is -0.397 e. The predicted octanol–water partition coefficient (Wildman–Crippen LogP) is 3.74. The first-order valence-corrected chi connectivity index (χ1v) is 8.35. The van der Waals surface area contributed by atoms with E-state index in [0.717, 1.165) is 14.6 Å². The molecule has 0 unspecified atom stereocenters. The molecule has 0 saturated carbocycles. The Morgan fingerprint density at radius 2 is 2.19 bits per heavy atom. The molecule has 1 aromatic carbocycles. The van der Waals surface area contributed by atoms with Gasteiger partial charge in [-0.15, -0.1) is 11.3 Å². The number of hydrogen-bond acceptors (Lipinski definition) is 4. The highest BCUT2D eigenvalue weighted by Crippen LogP contribution is 2.35. The smallest absolute Gasteiger partial charge is 0.265 e. The molecule has 1 aromatic heterocycles. The summed E-state index contributed by atoms with van der Waals surface area (Å²) in [6.07, 6.45) is 0.167. The number of nitrogens with zero attached hydrogens (tertiary/aromatic N) is 1. The average molecular weight is 371 g/mol. The third-order valence-corrected chi connectivity index (χ3v) is 4.78. The minimum absolute atomic E-state index is 0.0582. The van der Waals surface area contributed by atoms with E-state index in [1.807, 2.05) is 32.0 Å². The fourth-order valence-electron chi connectivity index (χ4n) is 1.95. The van der Waals surface area contributed by atoms with E-state index in [0.29, 0.717) is 23.7 Å². The highest BCUT2D eigenvalue weighted by molar-refractivity contribution is 9.10. The van der Waals surface area contributed by atoms with Gasteiger partial charge < -0.3 is 15.4 Å². The second-order valence-electron chi connectivity index (χ2n) is 5.13. The number of carbonyl (C=O) groups excluding carboxylic acids is 1. The van der Waals surface area contributed by atoms with Gasteiger partial charge in [0.1, 0.15) is 4.88 Å². The zero-order valence-corrected chi connectivity index (χ0v) is 14.8. The first kappa shape index (κ1) is 16.3. The van der Waals surface area contributed by atoms with Crippen LogP contribution in [0.3, 0.4) is 0 Å². The molecule has 1 amide bonds. The van der Waals surface area contributed by atoms with E-state index >= 15 is 0 Å². The van der Waals surface area contributed by atoms with Crippen LogP contribution in [-0.2, 0) is 4.74 Å². The molecule has 114 valence electrons. The summed E-state index contributed by atoms with van der Waals surface area (Å²) < 4.78 is 7.45. The van der Waals surface area contributed by atoms with E-state index in [1.54, 1.807) is 11.9 Å². The molecule has 0 fully saturated rings. The zero-order valence-electron chi connectivity index (χ0n) is 12.4. The van der Waals surface area contributed by atoms with Gasteiger partial charge in [-0.3, -0.25) is 4.79 Å². The Bertz CT molecular complexity index is 654. The molecule has 6 heteroatoms. The lowest BCUT2D eigenvalue weighted by Gasteiger charge is -2.17. The van der Waals surface area contributed by atoms with Gasteiger partial charge in [-0.2, -0.15) is 0 Å². The number of anilines is 1. The third kappa shape index (κ3) is 3.75. The SMILES string of the molecule is CC(C)OCCN(C)C(=O)c1sc2ccc(Br)cc2c1N. The first-order chi connectivity index (χ1) is 9.90. The monoisotopic (exact) mass is 370 g/mol. The minimum atomic E-state index is -0.0582. The van der Waals surface area contributed by atoms with Crippen molar-refractivity contribution in [2.75, 3.05) is 25.9 Å². The number of halogens is 1. The number of fused-ring (bicyclic) bond motifs is 1. The number of hydrogen-bond donors (Lipinski definition) is 1. The van der Waals surface area contributed by atoms with Gasteiger partial charge in [-0.1, -0.05) is 15.9 Å². The Morgan fingerprint density at radius 3 is 2.86 bits per heavy atom. The van der Waals surface area contributed by atoms with Gasteiger partial charge >= 0.3 is 0 Å². The molecule has 0 aliphatic carbocycles. The molecule has 0 aliphatic heterocycles. The molecular formula is C15H19BrN2O2S. The van der Waals surface area contributed by atoms with E-state index in [2.05, 4.69) is 15.9 Å². The molecule has 0 spiro atoms. The highest BCUT2D eigenvalue weighted by atomic mass is 79.9. The van der Waals surface area contributed by atoms with Crippen LogP contribution >= 0.6 is 27.3 Å². The fourth-order valence-corrected chi connectivity index (χ4v) is 3.41. The van der Waals surface area contributed by atoms with Gasteiger partial charge in [0.2, 0.25) is 0 Å². The lowest BCUT2D eigenvalue weighted by Crippen LogP contribution is -2.30. The Hall–Kier alpha value is -1.11. The largest absolute Gasteiger partial charge is 0.397 e. The highest BCUT2D eigenvalue weighted by Gasteiger charge is 2.19. The Kier molecular flexibility index (Phi) is 5.24. The summed E-state index contributed by atoms with van der Waals surface area (Å²) in [6, 6.07) is 5.87. The van der Waals surface area contributed by atoms with Crippen molar-refractivity contribution in [2.24, 2.45) is 0 Å². The molecule has 2 aromatic rings. The number of nitrogens with two attached hydrogens (primary N) is 1. The normalized spacial score (nSPS) is 11.3. The molecule has 2 N–H and O–H groups in total. The van der Waals surface area contributed by atoms with Gasteiger partial charge in [-0.25, -0.2) is 0 Å². The maximum Gasteiger partial charge on any atom is 0.265 e. The Balaban J connectivity index is 2.17. The van der Waals surface area contributed by atoms with Gasteiger partial charge in [0.15, 0.2) is 0 Å². The van der Waals surface area contributed by atoms with Crippen LogP contribution in [0, 0.1) is 0 Å². The fraction of sp³-hybridized carbons (Fsp3) is 0.400. The lowest BCUT2D eigenvalue weighted by molar-refractivity contribution is 0.0535. The number of carbonyl (C=O) groups is 1. The van der Waals surface area contributed by atoms with Crippen molar-refractivity contribution in [1.82, 2.24) is 4.90 Å². The van der Waals surface area contributed by atoms with Crippen molar-refractivity contribution in [1.29, 1.82) is 0 Å². The van der Waals surface area contributed by atoms with Crippen LogP contribution in [0.15, 0.2) is 22.7 Å². The number of ether oxygens (including phenoxy) is 1. The second kappa shape index (κ2) is 6.77. The number of nitrogen functional groups attached to an aromatic ring is 1. The average Bonchev–Trinajstić information content (AvgIpc) is 2.74. The quantitative estimate of drug-likeness (QED) is 0.871. The summed E-state index contributed by atoms with van der Waals surface area (Å²) in [5.41, 5.74) is 6.69. The number of amides is 1. The second-order valence-corrected chi connectivity index (χ2v) is 7.10. The summed E-state index contributed by atoms with van der Waals surface area (Å²) in [4.78, 5) is 14.7. The lowest BCUT2D eigenvalue weighted by atomic mass is 10.2. The van der Waals surface area contributed by atoms with Crippen molar-refractivity contribution in [2.45, 2.75) is 20.0 Å². The van der Waals surface area contributed by atoms with Crippen molar-refractivity contribution in [3.8, 4) is 0 Å². The van der Waals surface area contributed by atoms with E-state index in [-0.39, 0.29) is 12.0 Å². The van der Waals surface area contributed by atoms with Crippen LogP contribution in [0.2, 0.25) is 0 Å². The van der Waals surface area contributed by atoms with Crippen LogP contribution in [0.5, 0.6) is 0 Å². The van der Waals surface area contributed by atoms with Crippen molar-refractivity contribution in [3.63, 3.8) is 0 Å². The molecule has 4 nitrogen and oxygen atoms in total. The van der Waals surface area contributed by atoms with Crippen LogP contribution < -0.4 is 5.73 Å². The molecule has 0 bridgehead atoms. The third-order valence-electron chi connectivity index (χ3n) is 3.11. The van der Waals surface area contributed by atoms with E-state index in [4.69, 9.17) is 10.5 Å². The maximum atomic E-state index is 12.5. The molecule has 21 heavy (non-hydrogen) atoms. The van der Waals surface area contributed by atoms with E-state index < -0.39 is 0 Å². The van der Waals surface area contributed by atoms with Gasteiger partial charge in [0, 0.05) is 28.2 Å². The summed E-state index contributed by atoms with van der Waals surface area (Å²) in [5, 5.41) is 0.921. The maximum absolute atomic E-state index is 12.5. The topological polar surface area (TPSA) is 55.6 Å². The van der Waals surface area contributed by atoms with Gasteiger partial charge in [-0.05, 0) is 32.0 Å². The Labute approximate surface area is 137 Å². The predicted molar refractivity (Wildman–Crippen MR) is 92.0 cm³/mol. The summed E-state index contributed by atoms with van der Waals surface area (Å²) in [6.45, 7) is 5.03. The van der Waals surface area contributed by atoms with Crippen LogP contribution in [0.1, 0.15) is 23.5 Å². The van der Waals surface area contributed by atoms with Crippen LogP contribution in [0.4, 0.5) is 5.69 Å². The Morgan fingerprint density at radius 1 is 1.48 bits per heavy atom.